The van der Waals surface area contributed by atoms with E-state index in [0.29, 0.717) is 29.2 Å². The van der Waals surface area contributed by atoms with Crippen LogP contribution in [0.15, 0.2) is 18.2 Å². The average molecular weight is 324 g/mol. The number of carbonyl (C=O) groups excluding carboxylic acids is 1. The van der Waals surface area contributed by atoms with Crippen molar-refractivity contribution in [1.82, 2.24) is 5.32 Å². The minimum atomic E-state index is -0.0724. The predicted octanol–water partition coefficient (Wildman–Crippen LogP) is 3.82. The lowest BCUT2D eigenvalue weighted by atomic mass is 10.1. The first-order chi connectivity index (χ1) is 10.6. The zero-order valence-corrected chi connectivity index (χ0v) is 13.8. The molecule has 22 heavy (non-hydrogen) atoms. The monoisotopic (exact) mass is 323 g/mol. The van der Waals surface area contributed by atoms with Crippen molar-refractivity contribution in [2.24, 2.45) is 0 Å². The van der Waals surface area contributed by atoms with Crippen LogP contribution in [0.5, 0.6) is 11.5 Å². The summed E-state index contributed by atoms with van der Waals surface area (Å²) in [7, 11) is 1.55. The molecule has 0 aromatic heterocycles. The molecule has 4 nitrogen and oxygen atoms in total. The molecule has 1 aliphatic rings. The Kier molecular flexibility index (Phi) is 6.13. The van der Waals surface area contributed by atoms with Crippen LogP contribution in [0.4, 0.5) is 0 Å². The van der Waals surface area contributed by atoms with Crippen LogP contribution in [0.2, 0.25) is 5.02 Å². The van der Waals surface area contributed by atoms with Crippen molar-refractivity contribution in [1.29, 1.82) is 0 Å². The van der Waals surface area contributed by atoms with Gasteiger partial charge in [0.1, 0.15) is 0 Å². The Morgan fingerprint density at radius 2 is 2.14 bits per heavy atom. The van der Waals surface area contributed by atoms with Gasteiger partial charge in [-0.25, -0.2) is 0 Å². The third kappa shape index (κ3) is 4.41. The van der Waals surface area contributed by atoms with Crippen molar-refractivity contribution in [3.05, 3.63) is 28.8 Å². The number of ether oxygens (including phenoxy) is 2. The van der Waals surface area contributed by atoms with Gasteiger partial charge in [-0.2, -0.15) is 0 Å². The van der Waals surface area contributed by atoms with Crippen LogP contribution in [0, 0.1) is 0 Å². The summed E-state index contributed by atoms with van der Waals surface area (Å²) in [5.74, 6) is 1.02. The Bertz CT molecular complexity index is 551. The molecule has 0 aliphatic heterocycles. The Morgan fingerprint density at radius 1 is 1.41 bits per heavy atom. The molecule has 2 rings (SSSR count). The third-order valence-electron chi connectivity index (χ3n) is 3.66. The molecule has 0 saturated heterocycles. The second-order valence-corrected chi connectivity index (χ2v) is 5.70. The topological polar surface area (TPSA) is 47.6 Å². The van der Waals surface area contributed by atoms with Gasteiger partial charge in [0.25, 0.3) is 0 Å². The van der Waals surface area contributed by atoms with Gasteiger partial charge in [0, 0.05) is 12.1 Å². The zero-order valence-electron chi connectivity index (χ0n) is 13.0. The molecule has 0 heterocycles. The maximum Gasteiger partial charge on any atom is 0.244 e. The number of hydrogen-bond donors (Lipinski definition) is 1. The van der Waals surface area contributed by atoms with Gasteiger partial charge in [-0.1, -0.05) is 24.4 Å². The minimum Gasteiger partial charge on any atom is -0.491 e. The van der Waals surface area contributed by atoms with Crippen LogP contribution < -0.4 is 14.8 Å². The van der Waals surface area contributed by atoms with Gasteiger partial charge in [0.2, 0.25) is 5.91 Å². The Labute approximate surface area is 136 Å². The minimum absolute atomic E-state index is 0.0724. The van der Waals surface area contributed by atoms with Crippen LogP contribution in [0.1, 0.15) is 38.2 Å². The van der Waals surface area contributed by atoms with Crippen LogP contribution >= 0.6 is 11.6 Å². The van der Waals surface area contributed by atoms with E-state index in [0.717, 1.165) is 18.4 Å². The molecule has 0 radical (unpaired) electrons. The molecule has 0 bridgehead atoms. The lowest BCUT2D eigenvalue weighted by Crippen LogP contribution is -2.30. The highest BCUT2D eigenvalue weighted by Gasteiger charge is 2.16. The van der Waals surface area contributed by atoms with Crippen molar-refractivity contribution in [3.63, 3.8) is 0 Å². The molecule has 1 aromatic carbocycles. The SMILES string of the molecule is CCOc1cc(/C=C/C(=O)NC2CCCC2)cc(Cl)c1OC. The van der Waals surface area contributed by atoms with Crippen molar-refractivity contribution in [3.8, 4) is 11.5 Å². The first-order valence-corrected chi connectivity index (χ1v) is 8.00. The third-order valence-corrected chi connectivity index (χ3v) is 3.95. The smallest absolute Gasteiger partial charge is 0.244 e. The second kappa shape index (κ2) is 8.08. The van der Waals surface area contributed by atoms with E-state index < -0.39 is 0 Å². The van der Waals surface area contributed by atoms with E-state index in [1.54, 1.807) is 19.3 Å². The summed E-state index contributed by atoms with van der Waals surface area (Å²) in [5.41, 5.74) is 0.802. The van der Waals surface area contributed by atoms with Gasteiger partial charge in [-0.3, -0.25) is 4.79 Å². The van der Waals surface area contributed by atoms with Crippen molar-refractivity contribution in [2.75, 3.05) is 13.7 Å². The zero-order chi connectivity index (χ0) is 15.9. The highest BCUT2D eigenvalue weighted by molar-refractivity contribution is 6.32. The average Bonchev–Trinajstić information content (AvgIpc) is 2.98. The van der Waals surface area contributed by atoms with Gasteiger partial charge in [-0.05, 0) is 43.5 Å². The predicted molar refractivity (Wildman–Crippen MR) is 88.6 cm³/mol. The fourth-order valence-electron chi connectivity index (χ4n) is 2.64. The van der Waals surface area contributed by atoms with Crippen LogP contribution in [-0.4, -0.2) is 25.7 Å². The van der Waals surface area contributed by atoms with Crippen molar-refractivity contribution < 1.29 is 14.3 Å². The number of nitrogens with one attached hydrogen (secondary N) is 1. The maximum absolute atomic E-state index is 11.9. The Hall–Kier alpha value is -1.68. The molecule has 120 valence electrons. The van der Waals surface area contributed by atoms with Crippen LogP contribution in [-0.2, 0) is 4.79 Å². The Balaban J connectivity index is 2.07. The lowest BCUT2D eigenvalue weighted by Gasteiger charge is -2.12. The molecule has 0 atom stereocenters. The maximum atomic E-state index is 11.9. The lowest BCUT2D eigenvalue weighted by molar-refractivity contribution is -0.117. The van der Waals surface area contributed by atoms with Gasteiger partial charge >= 0.3 is 0 Å². The molecule has 1 aliphatic carbocycles. The summed E-state index contributed by atoms with van der Waals surface area (Å²) in [6.07, 6.45) is 7.80. The molecule has 1 saturated carbocycles. The number of rotatable bonds is 6. The molecule has 1 fully saturated rings. The Morgan fingerprint density at radius 3 is 2.77 bits per heavy atom. The van der Waals surface area contributed by atoms with E-state index in [-0.39, 0.29) is 5.91 Å². The molecule has 1 amide bonds. The quantitative estimate of drug-likeness (QED) is 0.810. The first-order valence-electron chi connectivity index (χ1n) is 7.63. The summed E-state index contributed by atoms with van der Waals surface area (Å²) >= 11 is 6.18. The molecule has 0 spiro atoms. The normalized spacial score (nSPS) is 15.2. The fourth-order valence-corrected chi connectivity index (χ4v) is 2.93. The molecule has 1 aromatic rings. The number of halogens is 1. The number of benzene rings is 1. The molecular weight excluding hydrogens is 302 g/mol. The summed E-state index contributed by atoms with van der Waals surface area (Å²) in [6, 6.07) is 3.88. The highest BCUT2D eigenvalue weighted by atomic mass is 35.5. The van der Waals surface area contributed by atoms with Gasteiger partial charge in [0.05, 0.1) is 18.7 Å². The van der Waals surface area contributed by atoms with Gasteiger partial charge < -0.3 is 14.8 Å². The van der Waals surface area contributed by atoms with E-state index in [1.165, 1.54) is 18.9 Å². The molecule has 1 N–H and O–H groups in total. The number of hydrogen-bond acceptors (Lipinski definition) is 3. The van der Waals surface area contributed by atoms with Crippen LogP contribution in [0.25, 0.3) is 6.08 Å². The summed E-state index contributed by atoms with van der Waals surface area (Å²) in [5, 5.41) is 3.47. The fraction of sp³-hybridized carbons (Fsp3) is 0.471. The van der Waals surface area contributed by atoms with E-state index in [2.05, 4.69) is 5.32 Å². The summed E-state index contributed by atoms with van der Waals surface area (Å²) in [6.45, 7) is 2.41. The molecule has 5 heteroatoms. The van der Waals surface area contributed by atoms with E-state index in [4.69, 9.17) is 21.1 Å². The van der Waals surface area contributed by atoms with Crippen LogP contribution in [0.3, 0.4) is 0 Å². The van der Waals surface area contributed by atoms with Crippen molar-refractivity contribution in [2.45, 2.75) is 38.6 Å². The number of amides is 1. The number of carbonyl (C=O) groups is 1. The highest BCUT2D eigenvalue weighted by Crippen LogP contribution is 2.36. The summed E-state index contributed by atoms with van der Waals surface area (Å²) in [4.78, 5) is 11.9. The van der Waals surface area contributed by atoms with E-state index >= 15 is 0 Å². The summed E-state index contributed by atoms with van der Waals surface area (Å²) < 4.78 is 10.8. The molecule has 0 unspecified atom stereocenters. The largest absolute Gasteiger partial charge is 0.491 e. The second-order valence-electron chi connectivity index (χ2n) is 5.29. The molecular formula is C17H22ClNO3. The first kappa shape index (κ1) is 16.7. The van der Waals surface area contributed by atoms with Gasteiger partial charge in [-0.15, -0.1) is 0 Å². The van der Waals surface area contributed by atoms with Gasteiger partial charge in [0.15, 0.2) is 11.5 Å². The van der Waals surface area contributed by atoms with E-state index in [1.807, 2.05) is 13.0 Å². The standard InChI is InChI=1S/C17H22ClNO3/c1-3-22-15-11-12(10-14(18)17(15)21-2)8-9-16(20)19-13-6-4-5-7-13/h8-11,13H,3-7H2,1-2H3,(H,19,20)/b9-8+. The van der Waals surface area contributed by atoms with E-state index in [9.17, 15) is 4.79 Å². The van der Waals surface area contributed by atoms with Crippen molar-refractivity contribution >= 4 is 23.6 Å². The number of methoxy groups -OCH3 is 1.